The number of nitriles is 1. The lowest BCUT2D eigenvalue weighted by Crippen LogP contribution is -2.49. The second-order valence-corrected chi connectivity index (χ2v) is 2.83. The molecule has 0 aromatic heterocycles. The van der Waals surface area contributed by atoms with Crippen molar-refractivity contribution in [3.8, 4) is 6.07 Å². The lowest BCUT2D eigenvalue weighted by atomic mass is 9.99. The summed E-state index contributed by atoms with van der Waals surface area (Å²) >= 11 is 0. The molecule has 0 heterocycles. The van der Waals surface area contributed by atoms with Crippen LogP contribution >= 0.6 is 0 Å². The van der Waals surface area contributed by atoms with Gasteiger partial charge in [-0.05, 0) is 13.3 Å². The Hall–Kier alpha value is -1.08. The number of hydrogen-bond donors (Lipinski definition) is 2. The average Bonchev–Trinajstić information content (AvgIpc) is 2.04. The molecular weight excluding hydrogens is 156 g/mol. The molecule has 1 atom stereocenters. The van der Waals surface area contributed by atoms with Gasteiger partial charge in [0.2, 0.25) is 0 Å². The van der Waals surface area contributed by atoms with Crippen LogP contribution in [0.25, 0.3) is 0 Å². The van der Waals surface area contributed by atoms with Crippen LogP contribution in [0.4, 0.5) is 0 Å². The van der Waals surface area contributed by atoms with Gasteiger partial charge in [0.15, 0.2) is 0 Å². The SMILES string of the molecule is CCC(C)(NCCC#N)C(=O)O. The molecule has 68 valence electrons. The van der Waals surface area contributed by atoms with Crippen LogP contribution in [0.2, 0.25) is 0 Å². The van der Waals surface area contributed by atoms with E-state index in [2.05, 4.69) is 5.32 Å². The van der Waals surface area contributed by atoms with Crippen molar-refractivity contribution in [1.29, 1.82) is 5.26 Å². The monoisotopic (exact) mass is 170 g/mol. The fourth-order valence-electron chi connectivity index (χ4n) is 0.746. The first kappa shape index (κ1) is 10.9. The topological polar surface area (TPSA) is 73.1 Å². The molecule has 0 aromatic carbocycles. The molecule has 0 aliphatic carbocycles. The second-order valence-electron chi connectivity index (χ2n) is 2.83. The Morgan fingerprint density at radius 1 is 1.75 bits per heavy atom. The van der Waals surface area contributed by atoms with Crippen molar-refractivity contribution in [1.82, 2.24) is 5.32 Å². The van der Waals surface area contributed by atoms with E-state index in [0.29, 0.717) is 19.4 Å². The summed E-state index contributed by atoms with van der Waals surface area (Å²) in [5.41, 5.74) is -0.892. The molecule has 0 aliphatic rings. The Balaban J connectivity index is 3.99. The van der Waals surface area contributed by atoms with Gasteiger partial charge in [-0.15, -0.1) is 0 Å². The number of hydrogen-bond acceptors (Lipinski definition) is 3. The van der Waals surface area contributed by atoms with Crippen LogP contribution in [0.1, 0.15) is 26.7 Å². The highest BCUT2D eigenvalue weighted by molar-refractivity contribution is 5.78. The minimum atomic E-state index is -0.892. The lowest BCUT2D eigenvalue weighted by molar-refractivity contribution is -0.144. The third-order valence-corrected chi connectivity index (χ3v) is 1.93. The van der Waals surface area contributed by atoms with Crippen molar-refractivity contribution in [3.05, 3.63) is 0 Å². The molecule has 0 amide bonds. The van der Waals surface area contributed by atoms with Gasteiger partial charge in [-0.1, -0.05) is 6.92 Å². The molecule has 0 aliphatic heterocycles. The van der Waals surface area contributed by atoms with Crippen LogP contribution in [0.15, 0.2) is 0 Å². The predicted molar refractivity (Wildman–Crippen MR) is 44.6 cm³/mol. The van der Waals surface area contributed by atoms with Gasteiger partial charge < -0.3 is 10.4 Å². The van der Waals surface area contributed by atoms with Crippen molar-refractivity contribution in [2.45, 2.75) is 32.2 Å². The standard InChI is InChI=1S/C8H14N2O2/c1-3-8(2,7(11)12)10-6-4-5-9/h10H,3-4,6H2,1-2H3,(H,11,12). The molecule has 12 heavy (non-hydrogen) atoms. The molecule has 4 heteroatoms. The minimum Gasteiger partial charge on any atom is -0.480 e. The molecule has 0 aromatic rings. The van der Waals surface area contributed by atoms with E-state index in [9.17, 15) is 4.79 Å². The maximum atomic E-state index is 10.7. The van der Waals surface area contributed by atoms with Crippen molar-refractivity contribution < 1.29 is 9.90 Å². The molecule has 0 radical (unpaired) electrons. The van der Waals surface area contributed by atoms with Crippen molar-refractivity contribution in [2.75, 3.05) is 6.54 Å². The molecule has 2 N–H and O–H groups in total. The maximum Gasteiger partial charge on any atom is 0.323 e. The van der Waals surface area contributed by atoms with E-state index in [4.69, 9.17) is 10.4 Å². The van der Waals surface area contributed by atoms with Gasteiger partial charge in [0.25, 0.3) is 0 Å². The summed E-state index contributed by atoms with van der Waals surface area (Å²) in [7, 11) is 0. The van der Waals surface area contributed by atoms with Crippen molar-refractivity contribution in [2.24, 2.45) is 0 Å². The van der Waals surface area contributed by atoms with E-state index in [0.717, 1.165) is 0 Å². The fraction of sp³-hybridized carbons (Fsp3) is 0.750. The number of nitrogens with zero attached hydrogens (tertiary/aromatic N) is 1. The summed E-state index contributed by atoms with van der Waals surface area (Å²) in [5.74, 6) is -0.872. The zero-order chi connectivity index (χ0) is 9.61. The lowest BCUT2D eigenvalue weighted by Gasteiger charge is -2.23. The second kappa shape index (κ2) is 4.73. The predicted octanol–water partition coefficient (Wildman–Crippen LogP) is 0.743. The number of carboxylic acid groups (broad SMARTS) is 1. The van der Waals surface area contributed by atoms with Gasteiger partial charge in [0.1, 0.15) is 5.54 Å². The summed E-state index contributed by atoms with van der Waals surface area (Å²) in [6, 6.07) is 1.95. The molecule has 0 fully saturated rings. The first-order valence-electron chi connectivity index (χ1n) is 3.92. The Morgan fingerprint density at radius 3 is 2.67 bits per heavy atom. The van der Waals surface area contributed by atoms with E-state index >= 15 is 0 Å². The summed E-state index contributed by atoms with van der Waals surface area (Å²) in [5, 5.41) is 19.8. The van der Waals surface area contributed by atoms with Gasteiger partial charge in [0.05, 0.1) is 6.07 Å². The normalized spacial score (nSPS) is 14.8. The highest BCUT2D eigenvalue weighted by atomic mass is 16.4. The summed E-state index contributed by atoms with van der Waals surface area (Å²) in [6.07, 6.45) is 0.844. The number of carboxylic acids is 1. The van der Waals surface area contributed by atoms with E-state index in [1.165, 1.54) is 0 Å². The molecule has 0 saturated heterocycles. The molecule has 0 saturated carbocycles. The largest absolute Gasteiger partial charge is 0.480 e. The van der Waals surface area contributed by atoms with Gasteiger partial charge in [-0.2, -0.15) is 5.26 Å². The number of carbonyl (C=O) groups is 1. The zero-order valence-corrected chi connectivity index (χ0v) is 7.42. The summed E-state index contributed by atoms with van der Waals surface area (Å²) in [6.45, 7) is 3.84. The number of aliphatic carboxylic acids is 1. The Kier molecular flexibility index (Phi) is 4.30. The van der Waals surface area contributed by atoms with Gasteiger partial charge in [-0.3, -0.25) is 4.79 Å². The highest BCUT2D eigenvalue weighted by Gasteiger charge is 2.29. The maximum absolute atomic E-state index is 10.7. The fourth-order valence-corrected chi connectivity index (χ4v) is 0.746. The van der Waals surface area contributed by atoms with Gasteiger partial charge in [-0.25, -0.2) is 0 Å². The van der Waals surface area contributed by atoms with E-state index in [-0.39, 0.29) is 0 Å². The Bertz CT molecular complexity index is 198. The van der Waals surface area contributed by atoms with E-state index in [1.807, 2.05) is 6.07 Å². The van der Waals surface area contributed by atoms with Gasteiger partial charge in [0, 0.05) is 13.0 Å². The zero-order valence-electron chi connectivity index (χ0n) is 7.42. The molecule has 1 unspecified atom stereocenters. The summed E-state index contributed by atoms with van der Waals surface area (Å²) in [4.78, 5) is 10.7. The first-order valence-corrected chi connectivity index (χ1v) is 3.92. The number of rotatable bonds is 5. The summed E-state index contributed by atoms with van der Waals surface area (Å²) < 4.78 is 0. The molecule has 4 nitrogen and oxygen atoms in total. The number of nitrogens with one attached hydrogen (secondary N) is 1. The van der Waals surface area contributed by atoms with E-state index < -0.39 is 11.5 Å². The smallest absolute Gasteiger partial charge is 0.323 e. The van der Waals surface area contributed by atoms with E-state index in [1.54, 1.807) is 13.8 Å². The van der Waals surface area contributed by atoms with Crippen LogP contribution in [-0.2, 0) is 4.79 Å². The van der Waals surface area contributed by atoms with Crippen molar-refractivity contribution in [3.63, 3.8) is 0 Å². The Morgan fingerprint density at radius 2 is 2.33 bits per heavy atom. The van der Waals surface area contributed by atoms with Gasteiger partial charge >= 0.3 is 5.97 Å². The third-order valence-electron chi connectivity index (χ3n) is 1.93. The van der Waals surface area contributed by atoms with Crippen LogP contribution < -0.4 is 5.32 Å². The third kappa shape index (κ3) is 2.89. The quantitative estimate of drug-likeness (QED) is 0.597. The van der Waals surface area contributed by atoms with Crippen LogP contribution in [-0.4, -0.2) is 23.2 Å². The Labute approximate surface area is 72.2 Å². The average molecular weight is 170 g/mol. The highest BCUT2D eigenvalue weighted by Crippen LogP contribution is 2.08. The van der Waals surface area contributed by atoms with Crippen LogP contribution in [0, 0.1) is 11.3 Å². The van der Waals surface area contributed by atoms with Crippen LogP contribution in [0.3, 0.4) is 0 Å². The molecule has 0 spiro atoms. The van der Waals surface area contributed by atoms with Crippen LogP contribution in [0.5, 0.6) is 0 Å². The first-order chi connectivity index (χ1) is 5.56. The molecule has 0 bridgehead atoms. The molecular formula is C8H14N2O2. The molecule has 0 rings (SSSR count). The minimum absolute atomic E-state index is 0.336. The van der Waals surface area contributed by atoms with Crippen molar-refractivity contribution >= 4 is 5.97 Å².